The number of carbonyl (C=O) groups is 1. The fourth-order valence-corrected chi connectivity index (χ4v) is 3.15. The molecule has 1 aromatic carbocycles. The maximum atomic E-state index is 12.8. The minimum absolute atomic E-state index is 0.106. The topological polar surface area (TPSA) is 32.3 Å². The summed E-state index contributed by atoms with van der Waals surface area (Å²) in [6.45, 7) is 7.20. The van der Waals surface area contributed by atoms with Crippen LogP contribution in [-0.4, -0.2) is 42.4 Å². The molecule has 0 aliphatic carbocycles. The number of nitrogens with one attached hydrogen (secondary N) is 1. The first-order valence-electron chi connectivity index (χ1n) is 7.65. The Morgan fingerprint density at radius 1 is 1.38 bits per heavy atom. The molecule has 0 saturated heterocycles. The highest BCUT2D eigenvalue weighted by Gasteiger charge is 2.21. The Labute approximate surface area is 133 Å². The molecule has 1 amide bonds. The Morgan fingerprint density at radius 3 is 2.67 bits per heavy atom. The van der Waals surface area contributed by atoms with Gasteiger partial charge in [-0.25, -0.2) is 0 Å². The molecule has 1 atom stereocenters. The normalized spacial score (nSPS) is 12.0. The zero-order chi connectivity index (χ0) is 15.8. The minimum atomic E-state index is 0.106. The summed E-state index contributed by atoms with van der Waals surface area (Å²) in [5.41, 5.74) is 2.90. The Bertz CT molecular complexity index is 462. The fraction of sp³-hybridized carbons (Fsp3) is 0.588. The molecule has 0 aliphatic rings. The molecule has 0 fully saturated rings. The molecule has 0 saturated carbocycles. The molecule has 0 heterocycles. The highest BCUT2D eigenvalue weighted by molar-refractivity contribution is 7.98. The smallest absolute Gasteiger partial charge is 0.255 e. The molecule has 0 aromatic heterocycles. The van der Waals surface area contributed by atoms with E-state index in [0.717, 1.165) is 36.4 Å². The van der Waals surface area contributed by atoms with Crippen molar-refractivity contribution in [3.63, 3.8) is 0 Å². The lowest BCUT2D eigenvalue weighted by Crippen LogP contribution is -2.38. The van der Waals surface area contributed by atoms with Gasteiger partial charge in [0.15, 0.2) is 0 Å². The lowest BCUT2D eigenvalue weighted by Gasteiger charge is -2.28. The molecule has 1 N–H and O–H groups in total. The molecule has 0 spiro atoms. The Kier molecular flexibility index (Phi) is 7.65. The molecule has 0 bridgehead atoms. The third-order valence-electron chi connectivity index (χ3n) is 3.67. The van der Waals surface area contributed by atoms with Crippen LogP contribution in [0, 0.1) is 6.92 Å². The number of anilines is 1. The van der Waals surface area contributed by atoms with Gasteiger partial charge in [0.25, 0.3) is 5.91 Å². The van der Waals surface area contributed by atoms with Crippen LogP contribution in [0.25, 0.3) is 0 Å². The predicted octanol–water partition coefficient (Wildman–Crippen LogP) is 4.03. The van der Waals surface area contributed by atoms with E-state index in [9.17, 15) is 4.79 Å². The largest absolute Gasteiger partial charge is 0.384 e. The van der Waals surface area contributed by atoms with Gasteiger partial charge >= 0.3 is 0 Å². The van der Waals surface area contributed by atoms with Crippen LogP contribution in [0.3, 0.4) is 0 Å². The Balaban J connectivity index is 2.99. The molecule has 21 heavy (non-hydrogen) atoms. The van der Waals surface area contributed by atoms with Crippen LogP contribution < -0.4 is 5.32 Å². The van der Waals surface area contributed by atoms with Crippen LogP contribution >= 0.6 is 11.8 Å². The number of thioether (sulfide) groups is 1. The van der Waals surface area contributed by atoms with Gasteiger partial charge in [-0.3, -0.25) is 4.79 Å². The number of aryl methyl sites for hydroxylation is 1. The Hall–Kier alpha value is -1.16. The maximum Gasteiger partial charge on any atom is 0.255 e. The second-order valence-corrected chi connectivity index (χ2v) is 6.32. The number of hydrogen-bond donors (Lipinski definition) is 1. The van der Waals surface area contributed by atoms with Crippen molar-refractivity contribution in [2.24, 2.45) is 0 Å². The van der Waals surface area contributed by atoms with E-state index < -0.39 is 0 Å². The molecule has 3 nitrogen and oxygen atoms in total. The predicted molar refractivity (Wildman–Crippen MR) is 94.5 cm³/mol. The summed E-state index contributed by atoms with van der Waals surface area (Å²) in [7, 11) is 1.91. The van der Waals surface area contributed by atoms with E-state index in [1.165, 1.54) is 5.56 Å². The number of carbonyl (C=O) groups excluding carboxylic acids is 1. The monoisotopic (exact) mass is 308 g/mol. The summed E-state index contributed by atoms with van der Waals surface area (Å²) in [6.07, 6.45) is 4.11. The van der Waals surface area contributed by atoms with Gasteiger partial charge in [-0.05, 0) is 43.7 Å². The van der Waals surface area contributed by atoms with Crippen LogP contribution in [0.5, 0.6) is 0 Å². The molecular formula is C17H28N2OS. The van der Waals surface area contributed by atoms with Gasteiger partial charge in [0.05, 0.1) is 5.56 Å². The van der Waals surface area contributed by atoms with Crippen LogP contribution in [0.2, 0.25) is 0 Å². The fourth-order valence-electron chi connectivity index (χ4n) is 2.30. The first-order chi connectivity index (χ1) is 10.0. The van der Waals surface area contributed by atoms with Crippen LogP contribution in [0.15, 0.2) is 18.2 Å². The average molecular weight is 308 g/mol. The van der Waals surface area contributed by atoms with Crippen molar-refractivity contribution in [2.75, 3.05) is 30.9 Å². The zero-order valence-corrected chi connectivity index (χ0v) is 14.7. The zero-order valence-electron chi connectivity index (χ0n) is 13.9. The third-order valence-corrected chi connectivity index (χ3v) is 4.39. The van der Waals surface area contributed by atoms with Crippen molar-refractivity contribution in [2.45, 2.75) is 39.7 Å². The average Bonchev–Trinajstić information content (AvgIpc) is 2.49. The summed E-state index contributed by atoms with van der Waals surface area (Å²) >= 11 is 1.79. The van der Waals surface area contributed by atoms with Crippen LogP contribution in [-0.2, 0) is 0 Å². The summed E-state index contributed by atoms with van der Waals surface area (Å²) in [6, 6.07) is 6.30. The molecule has 1 aromatic rings. The van der Waals surface area contributed by atoms with Gasteiger partial charge in [-0.2, -0.15) is 11.8 Å². The van der Waals surface area contributed by atoms with E-state index in [4.69, 9.17) is 0 Å². The third kappa shape index (κ3) is 4.95. The highest BCUT2D eigenvalue weighted by atomic mass is 32.2. The maximum absolute atomic E-state index is 12.8. The Morgan fingerprint density at radius 2 is 2.10 bits per heavy atom. The van der Waals surface area contributed by atoms with Crippen molar-refractivity contribution < 1.29 is 4.79 Å². The summed E-state index contributed by atoms with van der Waals surface area (Å²) < 4.78 is 0. The molecule has 1 unspecified atom stereocenters. The van der Waals surface area contributed by atoms with E-state index in [1.807, 2.05) is 24.1 Å². The van der Waals surface area contributed by atoms with Crippen LogP contribution in [0.1, 0.15) is 42.6 Å². The number of hydrogen-bond acceptors (Lipinski definition) is 3. The van der Waals surface area contributed by atoms with E-state index in [-0.39, 0.29) is 11.9 Å². The highest BCUT2D eigenvalue weighted by Crippen LogP contribution is 2.21. The molecule has 118 valence electrons. The quantitative estimate of drug-likeness (QED) is 0.787. The minimum Gasteiger partial charge on any atom is -0.384 e. The van der Waals surface area contributed by atoms with Crippen molar-refractivity contribution in [3.05, 3.63) is 29.3 Å². The summed E-state index contributed by atoms with van der Waals surface area (Å²) in [4.78, 5) is 14.7. The lowest BCUT2D eigenvalue weighted by atomic mass is 10.1. The molecule has 0 aliphatic heterocycles. The van der Waals surface area contributed by atoms with E-state index in [0.29, 0.717) is 0 Å². The standard InChI is InChI=1S/C17H28N2OS/c1-6-10-18-16-11-13(3)8-9-15(16)17(20)19(4)14(7-2)12-21-5/h8-9,11,14,18H,6-7,10,12H2,1-5H3. The van der Waals surface area contributed by atoms with Gasteiger partial charge in [-0.1, -0.05) is 19.9 Å². The first-order valence-corrected chi connectivity index (χ1v) is 9.05. The van der Waals surface area contributed by atoms with E-state index >= 15 is 0 Å². The van der Waals surface area contributed by atoms with Gasteiger partial charge in [0, 0.05) is 31.1 Å². The van der Waals surface area contributed by atoms with Crippen molar-refractivity contribution in [3.8, 4) is 0 Å². The van der Waals surface area contributed by atoms with Gasteiger partial charge in [0.1, 0.15) is 0 Å². The summed E-state index contributed by atoms with van der Waals surface area (Å²) in [5.74, 6) is 1.08. The van der Waals surface area contributed by atoms with Crippen molar-refractivity contribution in [1.82, 2.24) is 4.90 Å². The number of nitrogens with zero attached hydrogens (tertiary/aromatic N) is 1. The van der Waals surface area contributed by atoms with Crippen molar-refractivity contribution >= 4 is 23.4 Å². The van der Waals surface area contributed by atoms with E-state index in [1.54, 1.807) is 11.8 Å². The van der Waals surface area contributed by atoms with E-state index in [2.05, 4.69) is 38.4 Å². The van der Waals surface area contributed by atoms with Gasteiger partial charge < -0.3 is 10.2 Å². The SMILES string of the molecule is CCCNc1cc(C)ccc1C(=O)N(C)C(CC)CSC. The molecular weight excluding hydrogens is 280 g/mol. The second-order valence-electron chi connectivity index (χ2n) is 5.41. The lowest BCUT2D eigenvalue weighted by molar-refractivity contribution is 0.0744. The number of amides is 1. The number of rotatable bonds is 8. The molecule has 0 radical (unpaired) electrons. The van der Waals surface area contributed by atoms with Gasteiger partial charge in [0.2, 0.25) is 0 Å². The first kappa shape index (κ1) is 17.9. The van der Waals surface area contributed by atoms with Gasteiger partial charge in [-0.15, -0.1) is 0 Å². The number of benzene rings is 1. The molecule has 4 heteroatoms. The molecule has 1 rings (SSSR count). The van der Waals surface area contributed by atoms with Crippen molar-refractivity contribution in [1.29, 1.82) is 0 Å². The summed E-state index contributed by atoms with van der Waals surface area (Å²) in [5, 5.41) is 3.38. The second kappa shape index (κ2) is 8.98. The van der Waals surface area contributed by atoms with Crippen LogP contribution in [0.4, 0.5) is 5.69 Å².